The molecule has 2 rings (SSSR count). The van der Waals surface area contributed by atoms with E-state index >= 15 is 0 Å². The van der Waals surface area contributed by atoms with Gasteiger partial charge >= 0.3 is 0 Å². The maximum Gasteiger partial charge on any atom is 0.0593 e. The van der Waals surface area contributed by atoms with Crippen LogP contribution in [0.2, 0.25) is 0 Å². The molecule has 1 aliphatic heterocycles. The molecule has 16 heavy (non-hydrogen) atoms. The van der Waals surface area contributed by atoms with E-state index in [1.54, 1.807) is 0 Å². The first kappa shape index (κ1) is 12.3. The highest BCUT2D eigenvalue weighted by atomic mass is 16.5. The van der Waals surface area contributed by atoms with Crippen LogP contribution in [0.4, 0.5) is 0 Å². The summed E-state index contributed by atoms with van der Waals surface area (Å²) in [5, 5.41) is 3.42. The molecule has 2 fully saturated rings. The van der Waals surface area contributed by atoms with E-state index in [2.05, 4.69) is 17.3 Å². The predicted molar refractivity (Wildman–Crippen MR) is 66.6 cm³/mol. The number of nitrogens with one attached hydrogen (secondary N) is 1. The van der Waals surface area contributed by atoms with Gasteiger partial charge in [-0.2, -0.15) is 0 Å². The predicted octanol–water partition coefficient (Wildman–Crippen LogP) is 1.34. The van der Waals surface area contributed by atoms with Crippen molar-refractivity contribution < 1.29 is 4.74 Å². The number of likely N-dealkylation sites (N-methyl/N-ethyl adjacent to an activating group) is 1. The van der Waals surface area contributed by atoms with Gasteiger partial charge in [0.2, 0.25) is 0 Å². The first-order valence-corrected chi connectivity index (χ1v) is 6.81. The van der Waals surface area contributed by atoms with Crippen LogP contribution in [0.5, 0.6) is 0 Å². The summed E-state index contributed by atoms with van der Waals surface area (Å²) in [6.07, 6.45) is 5.49. The van der Waals surface area contributed by atoms with Crippen molar-refractivity contribution in [3.8, 4) is 0 Å². The summed E-state index contributed by atoms with van der Waals surface area (Å²) in [7, 11) is 2.21. The Labute approximate surface area is 99.5 Å². The Kier molecular flexibility index (Phi) is 5.07. The molecule has 0 aromatic carbocycles. The smallest absolute Gasteiger partial charge is 0.0593 e. The Balaban J connectivity index is 1.42. The minimum atomic E-state index is 0.898. The fourth-order valence-corrected chi connectivity index (χ4v) is 2.23. The number of nitrogens with zero attached hydrogens (tertiary/aromatic N) is 1. The lowest BCUT2D eigenvalue weighted by atomic mass is 10.1. The van der Waals surface area contributed by atoms with Crippen LogP contribution in [0.3, 0.4) is 0 Å². The van der Waals surface area contributed by atoms with Crippen LogP contribution in [0, 0.1) is 11.8 Å². The van der Waals surface area contributed by atoms with Gasteiger partial charge in [0.25, 0.3) is 0 Å². The van der Waals surface area contributed by atoms with Crippen molar-refractivity contribution in [1.82, 2.24) is 10.2 Å². The van der Waals surface area contributed by atoms with Crippen LogP contribution in [-0.4, -0.2) is 51.3 Å². The zero-order valence-corrected chi connectivity index (χ0v) is 10.6. The Morgan fingerprint density at radius 3 is 2.75 bits per heavy atom. The van der Waals surface area contributed by atoms with Crippen molar-refractivity contribution in [1.29, 1.82) is 0 Å². The number of hydrogen-bond acceptors (Lipinski definition) is 3. The lowest BCUT2D eigenvalue weighted by Gasteiger charge is -2.18. The van der Waals surface area contributed by atoms with E-state index < -0.39 is 0 Å². The molecule has 3 heteroatoms. The second-order valence-corrected chi connectivity index (χ2v) is 5.47. The van der Waals surface area contributed by atoms with Gasteiger partial charge in [-0.05, 0) is 64.2 Å². The summed E-state index contributed by atoms with van der Waals surface area (Å²) in [6.45, 7) is 6.67. The van der Waals surface area contributed by atoms with Gasteiger partial charge in [-0.1, -0.05) is 0 Å². The molecule has 0 bridgehead atoms. The van der Waals surface area contributed by atoms with Crippen LogP contribution >= 0.6 is 0 Å². The Hall–Kier alpha value is -0.120. The summed E-state index contributed by atoms with van der Waals surface area (Å²) in [4.78, 5) is 2.41. The van der Waals surface area contributed by atoms with Gasteiger partial charge < -0.3 is 15.0 Å². The Morgan fingerprint density at radius 2 is 2.06 bits per heavy atom. The molecule has 2 aliphatic rings. The maximum absolute atomic E-state index is 5.65. The lowest BCUT2D eigenvalue weighted by molar-refractivity contribution is 0.102. The van der Waals surface area contributed by atoms with E-state index in [4.69, 9.17) is 4.74 Å². The van der Waals surface area contributed by atoms with Gasteiger partial charge in [-0.25, -0.2) is 0 Å². The van der Waals surface area contributed by atoms with Crippen LogP contribution in [-0.2, 0) is 4.74 Å². The summed E-state index contributed by atoms with van der Waals surface area (Å²) in [5.41, 5.74) is 0. The molecule has 1 atom stereocenters. The van der Waals surface area contributed by atoms with Crippen molar-refractivity contribution in [3.05, 3.63) is 0 Å². The third-order valence-corrected chi connectivity index (χ3v) is 3.75. The minimum Gasteiger partial charge on any atom is -0.380 e. The van der Waals surface area contributed by atoms with Crippen LogP contribution in [0.25, 0.3) is 0 Å². The molecule has 1 heterocycles. The molecule has 0 amide bonds. The zero-order chi connectivity index (χ0) is 11.2. The second-order valence-electron chi connectivity index (χ2n) is 5.47. The average molecular weight is 226 g/mol. The highest BCUT2D eigenvalue weighted by Gasteiger charge is 2.21. The molecule has 94 valence electrons. The first-order valence-electron chi connectivity index (χ1n) is 6.81. The number of ether oxygens (including phenoxy) is 1. The number of rotatable bonds is 8. The van der Waals surface area contributed by atoms with Crippen molar-refractivity contribution in [2.75, 3.05) is 46.4 Å². The lowest BCUT2D eigenvalue weighted by Crippen LogP contribution is -2.26. The Bertz CT molecular complexity index is 188. The number of hydrogen-bond donors (Lipinski definition) is 1. The van der Waals surface area contributed by atoms with E-state index in [9.17, 15) is 0 Å². The summed E-state index contributed by atoms with van der Waals surface area (Å²) < 4.78 is 5.65. The summed E-state index contributed by atoms with van der Waals surface area (Å²) in [5.74, 6) is 1.81. The molecule has 3 nitrogen and oxygen atoms in total. The van der Waals surface area contributed by atoms with E-state index in [0.29, 0.717) is 0 Å². The maximum atomic E-state index is 5.65. The second kappa shape index (κ2) is 6.58. The topological polar surface area (TPSA) is 24.5 Å². The highest BCUT2D eigenvalue weighted by molar-refractivity contribution is 4.73. The van der Waals surface area contributed by atoms with E-state index in [-0.39, 0.29) is 0 Å². The summed E-state index contributed by atoms with van der Waals surface area (Å²) in [6, 6.07) is 0. The largest absolute Gasteiger partial charge is 0.380 e. The normalized spacial score (nSPS) is 25.5. The van der Waals surface area contributed by atoms with Crippen molar-refractivity contribution in [2.45, 2.75) is 25.7 Å². The van der Waals surface area contributed by atoms with Gasteiger partial charge in [0.1, 0.15) is 0 Å². The van der Waals surface area contributed by atoms with E-state index in [1.807, 2.05) is 0 Å². The fraction of sp³-hybridized carbons (Fsp3) is 1.00. The SMILES string of the molecule is CN(CCOCC1CC1)CCC1CCNC1. The molecule has 1 aliphatic carbocycles. The van der Waals surface area contributed by atoms with Crippen molar-refractivity contribution >= 4 is 0 Å². The van der Waals surface area contributed by atoms with Gasteiger partial charge in [0.15, 0.2) is 0 Å². The highest BCUT2D eigenvalue weighted by Crippen LogP contribution is 2.28. The third-order valence-electron chi connectivity index (χ3n) is 3.75. The van der Waals surface area contributed by atoms with Crippen LogP contribution in [0.1, 0.15) is 25.7 Å². The van der Waals surface area contributed by atoms with Crippen LogP contribution in [0.15, 0.2) is 0 Å². The molecule has 0 aromatic heterocycles. The third kappa shape index (κ3) is 4.81. The molecule has 0 spiro atoms. The molecule has 1 N–H and O–H groups in total. The molecule has 1 saturated heterocycles. The van der Waals surface area contributed by atoms with Crippen LogP contribution < -0.4 is 5.32 Å². The molecule has 1 saturated carbocycles. The molecule has 0 aromatic rings. The molecular formula is C13H26N2O. The first-order chi connectivity index (χ1) is 7.84. The summed E-state index contributed by atoms with van der Waals surface area (Å²) >= 11 is 0. The molecule has 0 radical (unpaired) electrons. The fourth-order valence-electron chi connectivity index (χ4n) is 2.23. The van der Waals surface area contributed by atoms with Gasteiger partial charge in [-0.3, -0.25) is 0 Å². The quantitative estimate of drug-likeness (QED) is 0.632. The van der Waals surface area contributed by atoms with E-state index in [0.717, 1.165) is 31.6 Å². The average Bonchev–Trinajstić information content (AvgIpc) is 2.96. The standard InChI is InChI=1S/C13H26N2O/c1-15(7-5-12-4-6-14-10-12)8-9-16-11-13-2-3-13/h12-14H,2-11H2,1H3. The molecular weight excluding hydrogens is 200 g/mol. The zero-order valence-electron chi connectivity index (χ0n) is 10.6. The monoisotopic (exact) mass is 226 g/mol. The van der Waals surface area contributed by atoms with Gasteiger partial charge in [-0.15, -0.1) is 0 Å². The van der Waals surface area contributed by atoms with Gasteiger partial charge in [0.05, 0.1) is 6.61 Å². The van der Waals surface area contributed by atoms with Gasteiger partial charge in [0, 0.05) is 13.2 Å². The Morgan fingerprint density at radius 1 is 1.19 bits per heavy atom. The van der Waals surface area contributed by atoms with E-state index in [1.165, 1.54) is 45.3 Å². The molecule has 1 unspecified atom stereocenters. The van der Waals surface area contributed by atoms with Crippen molar-refractivity contribution in [3.63, 3.8) is 0 Å². The minimum absolute atomic E-state index is 0.898. The van der Waals surface area contributed by atoms with Crippen molar-refractivity contribution in [2.24, 2.45) is 11.8 Å².